The molecule has 0 aliphatic carbocycles. The van der Waals surface area contributed by atoms with E-state index in [-0.39, 0.29) is 23.3 Å². The van der Waals surface area contributed by atoms with Crippen molar-refractivity contribution >= 4 is 39.9 Å². The first-order chi connectivity index (χ1) is 15.6. The average molecular weight is 453 g/mol. The van der Waals surface area contributed by atoms with Crippen LogP contribution in [0.2, 0.25) is 0 Å². The van der Waals surface area contributed by atoms with Gasteiger partial charge in [0.15, 0.2) is 5.16 Å². The highest BCUT2D eigenvalue weighted by Crippen LogP contribution is 2.24. The second-order valence-electron chi connectivity index (χ2n) is 7.97. The van der Waals surface area contributed by atoms with Gasteiger partial charge in [0.25, 0.3) is 5.56 Å². The van der Waals surface area contributed by atoms with Gasteiger partial charge in [-0.25, -0.2) is 4.98 Å². The van der Waals surface area contributed by atoms with Crippen molar-refractivity contribution in [3.63, 3.8) is 0 Å². The van der Waals surface area contributed by atoms with Crippen molar-refractivity contribution in [1.82, 2.24) is 9.55 Å². The van der Waals surface area contributed by atoms with E-state index in [1.54, 1.807) is 17.7 Å². The molecule has 1 aromatic heterocycles. The summed E-state index contributed by atoms with van der Waals surface area (Å²) in [7, 11) is 1.60. The number of hydrogen-bond acceptors (Lipinski definition) is 6. The Kier molecular flexibility index (Phi) is 7.12. The van der Waals surface area contributed by atoms with Crippen LogP contribution in [0.1, 0.15) is 25.8 Å². The fourth-order valence-corrected chi connectivity index (χ4v) is 4.89. The maximum Gasteiger partial charge on any atom is 0.262 e. The Balaban J connectivity index is 1.47. The Hall–Kier alpha value is -2.84. The fraction of sp³-hybridized carbons (Fsp3) is 0.375. The Labute approximate surface area is 191 Å². The van der Waals surface area contributed by atoms with Crippen LogP contribution in [0.4, 0.5) is 11.4 Å². The summed E-state index contributed by atoms with van der Waals surface area (Å²) in [6, 6.07) is 15.0. The van der Waals surface area contributed by atoms with Crippen LogP contribution in [0.25, 0.3) is 10.9 Å². The highest BCUT2D eigenvalue weighted by molar-refractivity contribution is 7.99. The zero-order chi connectivity index (χ0) is 22.5. The summed E-state index contributed by atoms with van der Waals surface area (Å²) >= 11 is 1.26. The lowest BCUT2D eigenvalue weighted by Gasteiger charge is -2.19. The third kappa shape index (κ3) is 4.97. The molecule has 2 heterocycles. The summed E-state index contributed by atoms with van der Waals surface area (Å²) in [5.74, 6) is 0.00974. The molecule has 1 atom stereocenters. The number of nitrogens with zero attached hydrogens (tertiary/aromatic N) is 3. The molecule has 0 unspecified atom stereocenters. The van der Waals surface area contributed by atoms with Crippen molar-refractivity contribution in [3.8, 4) is 0 Å². The van der Waals surface area contributed by atoms with Gasteiger partial charge >= 0.3 is 0 Å². The van der Waals surface area contributed by atoms with Crippen LogP contribution in [0.3, 0.4) is 0 Å². The molecule has 0 radical (unpaired) electrons. The van der Waals surface area contributed by atoms with E-state index in [0.29, 0.717) is 22.7 Å². The number of carbonyl (C=O) groups excluding carboxylic acids is 1. The summed E-state index contributed by atoms with van der Waals surface area (Å²) < 4.78 is 6.87. The number of para-hydroxylation sites is 1. The topological polar surface area (TPSA) is 76.5 Å². The minimum absolute atomic E-state index is 0.124. The Morgan fingerprint density at radius 3 is 2.59 bits per heavy atom. The molecule has 0 bridgehead atoms. The molecule has 0 spiro atoms. The zero-order valence-electron chi connectivity index (χ0n) is 18.4. The number of rotatable bonds is 8. The van der Waals surface area contributed by atoms with Gasteiger partial charge in [-0.3, -0.25) is 14.2 Å². The van der Waals surface area contributed by atoms with Gasteiger partial charge in [-0.05, 0) is 56.2 Å². The number of amides is 1. The summed E-state index contributed by atoms with van der Waals surface area (Å²) in [6.45, 7) is 4.46. The molecule has 8 heteroatoms. The van der Waals surface area contributed by atoms with Crippen molar-refractivity contribution in [2.45, 2.75) is 31.0 Å². The Bertz CT molecular complexity index is 1140. The van der Waals surface area contributed by atoms with Gasteiger partial charge < -0.3 is 15.0 Å². The minimum atomic E-state index is -0.201. The van der Waals surface area contributed by atoms with Crippen molar-refractivity contribution in [2.24, 2.45) is 0 Å². The molecular weight excluding hydrogens is 424 g/mol. The molecule has 1 saturated heterocycles. The molecule has 1 aliphatic heterocycles. The van der Waals surface area contributed by atoms with E-state index >= 15 is 0 Å². The van der Waals surface area contributed by atoms with E-state index in [1.165, 1.54) is 30.3 Å². The molecule has 4 rings (SSSR count). The van der Waals surface area contributed by atoms with Crippen LogP contribution in [0.5, 0.6) is 0 Å². The normalized spacial score (nSPS) is 14.6. The number of benzene rings is 2. The molecular formula is C24H28N4O3S. The number of hydrogen-bond donors (Lipinski definition) is 1. The number of anilines is 2. The lowest BCUT2D eigenvalue weighted by atomic mass is 10.2. The maximum atomic E-state index is 13.1. The predicted octanol–water partition coefficient (Wildman–Crippen LogP) is 3.93. The number of thioether (sulfide) groups is 1. The first-order valence-electron chi connectivity index (χ1n) is 10.8. The van der Waals surface area contributed by atoms with Crippen LogP contribution in [-0.2, 0) is 9.53 Å². The molecule has 32 heavy (non-hydrogen) atoms. The summed E-state index contributed by atoms with van der Waals surface area (Å²) in [6.07, 6.45) is 2.46. The number of fused-ring (bicyclic) bond motifs is 1. The molecule has 168 valence electrons. The monoisotopic (exact) mass is 452 g/mol. The van der Waals surface area contributed by atoms with Gasteiger partial charge in [0.2, 0.25) is 5.91 Å². The fourth-order valence-electron chi connectivity index (χ4n) is 3.99. The van der Waals surface area contributed by atoms with Crippen LogP contribution < -0.4 is 15.8 Å². The van der Waals surface area contributed by atoms with Crippen molar-refractivity contribution in [3.05, 3.63) is 58.9 Å². The number of ether oxygens (including phenoxy) is 1. The maximum absolute atomic E-state index is 13.1. The van der Waals surface area contributed by atoms with Crippen molar-refractivity contribution in [2.75, 3.05) is 42.8 Å². The molecule has 0 saturated carbocycles. The van der Waals surface area contributed by atoms with Crippen LogP contribution >= 0.6 is 11.8 Å². The molecule has 1 N–H and O–H groups in total. The van der Waals surface area contributed by atoms with E-state index in [0.717, 1.165) is 18.8 Å². The second kappa shape index (κ2) is 10.2. The zero-order valence-corrected chi connectivity index (χ0v) is 19.2. The first kappa shape index (κ1) is 22.4. The van der Waals surface area contributed by atoms with Gasteiger partial charge in [0.1, 0.15) is 0 Å². The standard InChI is InChI=1S/C24H28N4O3S/c1-17(15-31-2)28-23(30)20-7-3-4-8-21(20)26-24(28)32-16-22(29)25-18-9-11-19(12-10-18)27-13-5-6-14-27/h3-4,7-12,17H,5-6,13-16H2,1-2H3,(H,25,29)/t17-/m0/s1. The van der Waals surface area contributed by atoms with Gasteiger partial charge in [-0.15, -0.1) is 0 Å². The van der Waals surface area contributed by atoms with Gasteiger partial charge in [0, 0.05) is 31.6 Å². The van der Waals surface area contributed by atoms with E-state index in [2.05, 4.69) is 15.2 Å². The largest absolute Gasteiger partial charge is 0.383 e. The molecule has 1 aliphatic rings. The molecule has 7 nitrogen and oxygen atoms in total. The quantitative estimate of drug-likeness (QED) is 0.412. The Morgan fingerprint density at radius 1 is 1.16 bits per heavy atom. The van der Waals surface area contributed by atoms with Crippen molar-refractivity contribution < 1.29 is 9.53 Å². The molecule has 1 fully saturated rings. The lowest BCUT2D eigenvalue weighted by Crippen LogP contribution is -2.29. The van der Waals surface area contributed by atoms with Crippen LogP contribution in [0, 0.1) is 0 Å². The van der Waals surface area contributed by atoms with Gasteiger partial charge in [-0.2, -0.15) is 0 Å². The SMILES string of the molecule is COC[C@H](C)n1c(SCC(=O)Nc2ccc(N3CCCC3)cc2)nc2ccccc2c1=O. The number of nitrogens with one attached hydrogen (secondary N) is 1. The third-order valence-electron chi connectivity index (χ3n) is 5.58. The third-order valence-corrected chi connectivity index (χ3v) is 6.53. The van der Waals surface area contributed by atoms with E-state index in [9.17, 15) is 9.59 Å². The van der Waals surface area contributed by atoms with Crippen LogP contribution in [-0.4, -0.2) is 48.0 Å². The van der Waals surface area contributed by atoms with Crippen molar-refractivity contribution in [1.29, 1.82) is 0 Å². The Morgan fingerprint density at radius 2 is 1.88 bits per heavy atom. The summed E-state index contributed by atoms with van der Waals surface area (Å²) in [4.78, 5) is 32.7. The number of methoxy groups -OCH3 is 1. The highest BCUT2D eigenvalue weighted by atomic mass is 32.2. The molecule has 3 aromatic rings. The molecule has 2 aromatic carbocycles. The van der Waals surface area contributed by atoms with Gasteiger partial charge in [-0.1, -0.05) is 23.9 Å². The van der Waals surface area contributed by atoms with E-state index in [1.807, 2.05) is 49.4 Å². The number of aromatic nitrogens is 2. The number of carbonyl (C=O) groups is 1. The first-order valence-corrected chi connectivity index (χ1v) is 11.8. The second-order valence-corrected chi connectivity index (χ2v) is 8.91. The summed E-state index contributed by atoms with van der Waals surface area (Å²) in [5.41, 5.74) is 2.45. The lowest BCUT2D eigenvalue weighted by molar-refractivity contribution is -0.113. The summed E-state index contributed by atoms with van der Waals surface area (Å²) in [5, 5.41) is 4.01. The minimum Gasteiger partial charge on any atom is -0.383 e. The van der Waals surface area contributed by atoms with Gasteiger partial charge in [0.05, 0.1) is 29.3 Å². The smallest absolute Gasteiger partial charge is 0.262 e. The van der Waals surface area contributed by atoms with E-state index < -0.39 is 0 Å². The van der Waals surface area contributed by atoms with E-state index in [4.69, 9.17) is 4.74 Å². The highest BCUT2D eigenvalue weighted by Gasteiger charge is 2.18. The predicted molar refractivity (Wildman–Crippen MR) is 130 cm³/mol. The molecule has 1 amide bonds. The van der Waals surface area contributed by atoms with Crippen LogP contribution in [0.15, 0.2) is 58.5 Å². The average Bonchev–Trinajstić information content (AvgIpc) is 3.33.